The molecule has 0 radical (unpaired) electrons. The molecule has 0 aliphatic carbocycles. The van der Waals surface area contributed by atoms with Crippen molar-refractivity contribution in [3.05, 3.63) is 53.1 Å². The second-order valence-corrected chi connectivity index (χ2v) is 4.14. The molecule has 6 heteroatoms. The average Bonchev–Trinajstić information content (AvgIpc) is 2.37. The van der Waals surface area contributed by atoms with E-state index in [2.05, 4.69) is 0 Å². The van der Waals surface area contributed by atoms with Gasteiger partial charge in [0.1, 0.15) is 11.5 Å². The van der Waals surface area contributed by atoms with Crippen molar-refractivity contribution >= 4 is 17.4 Å². The molecule has 0 saturated heterocycles. The number of ketones is 1. The molecule has 20 heavy (non-hydrogen) atoms. The van der Waals surface area contributed by atoms with Gasteiger partial charge in [-0.15, -0.1) is 0 Å². The Balaban J connectivity index is 2.56. The van der Waals surface area contributed by atoms with Crippen molar-refractivity contribution in [2.45, 2.75) is 0 Å². The highest BCUT2D eigenvalue weighted by Gasteiger charge is 2.20. The van der Waals surface area contributed by atoms with Crippen LogP contribution in [-0.4, -0.2) is 27.1 Å². The van der Waals surface area contributed by atoms with Gasteiger partial charge in [0.2, 0.25) is 0 Å². The second kappa shape index (κ2) is 4.93. The number of carboxylic acid groups (broad SMARTS) is 1. The zero-order valence-corrected chi connectivity index (χ0v) is 10.2. The number of carbonyl (C=O) groups is 2. The summed E-state index contributed by atoms with van der Waals surface area (Å²) in [7, 11) is 0. The van der Waals surface area contributed by atoms with Crippen LogP contribution < -0.4 is 5.73 Å². The minimum absolute atomic E-state index is 0.0626. The predicted molar refractivity (Wildman–Crippen MR) is 71.0 cm³/mol. The number of aromatic hydroxyl groups is 2. The van der Waals surface area contributed by atoms with Gasteiger partial charge in [-0.1, -0.05) is 0 Å². The van der Waals surface area contributed by atoms with Crippen LogP contribution in [0.5, 0.6) is 11.5 Å². The molecule has 0 amide bonds. The van der Waals surface area contributed by atoms with E-state index in [1.165, 1.54) is 30.3 Å². The molecular formula is C14H11NO5. The molecule has 0 aromatic heterocycles. The fourth-order valence-electron chi connectivity index (χ4n) is 1.79. The van der Waals surface area contributed by atoms with Crippen LogP contribution >= 0.6 is 0 Å². The highest BCUT2D eigenvalue weighted by Crippen LogP contribution is 2.26. The lowest BCUT2D eigenvalue weighted by atomic mass is 9.97. The van der Waals surface area contributed by atoms with Gasteiger partial charge in [0.25, 0.3) is 0 Å². The summed E-state index contributed by atoms with van der Waals surface area (Å²) in [5.41, 5.74) is 5.21. The molecule has 0 unspecified atom stereocenters. The van der Waals surface area contributed by atoms with Crippen LogP contribution in [0.1, 0.15) is 26.3 Å². The van der Waals surface area contributed by atoms with Crippen LogP contribution in [0.25, 0.3) is 0 Å². The van der Waals surface area contributed by atoms with Crippen molar-refractivity contribution < 1.29 is 24.9 Å². The lowest BCUT2D eigenvalue weighted by Gasteiger charge is -2.08. The van der Waals surface area contributed by atoms with Crippen LogP contribution in [0.3, 0.4) is 0 Å². The Labute approximate surface area is 113 Å². The Bertz CT molecular complexity index is 709. The van der Waals surface area contributed by atoms with Gasteiger partial charge >= 0.3 is 5.97 Å². The average molecular weight is 273 g/mol. The topological polar surface area (TPSA) is 121 Å². The van der Waals surface area contributed by atoms with E-state index < -0.39 is 11.8 Å². The standard InChI is InChI=1S/C14H11NO5/c15-7-1-3-10(12(17)5-7)13(18)9-4-2-8(16)6-11(9)14(19)20/h1-6,16-17H,15H2,(H,19,20). The van der Waals surface area contributed by atoms with Crippen LogP contribution in [0.15, 0.2) is 36.4 Å². The Morgan fingerprint density at radius 1 is 0.900 bits per heavy atom. The number of nitrogen functional groups attached to an aromatic ring is 1. The van der Waals surface area contributed by atoms with Crippen molar-refractivity contribution in [2.75, 3.05) is 5.73 Å². The summed E-state index contributed by atoms with van der Waals surface area (Å²) in [5.74, 6) is -2.61. The van der Waals surface area contributed by atoms with E-state index in [-0.39, 0.29) is 33.9 Å². The normalized spacial score (nSPS) is 10.2. The molecule has 102 valence electrons. The van der Waals surface area contributed by atoms with Crippen LogP contribution in [0, 0.1) is 0 Å². The van der Waals surface area contributed by atoms with Gasteiger partial charge in [-0.3, -0.25) is 4.79 Å². The first kappa shape index (κ1) is 13.4. The number of phenols is 2. The molecule has 2 rings (SSSR count). The summed E-state index contributed by atoms with van der Waals surface area (Å²) in [6, 6.07) is 7.31. The lowest BCUT2D eigenvalue weighted by molar-refractivity contribution is 0.0692. The molecule has 0 heterocycles. The molecule has 0 fully saturated rings. The third kappa shape index (κ3) is 2.39. The molecule has 6 nitrogen and oxygen atoms in total. The van der Waals surface area contributed by atoms with Gasteiger partial charge in [-0.25, -0.2) is 4.79 Å². The molecule has 0 aliphatic rings. The van der Waals surface area contributed by atoms with Gasteiger partial charge in [0, 0.05) is 17.3 Å². The number of phenolic OH excluding ortho intramolecular Hbond substituents is 2. The molecule has 2 aromatic carbocycles. The van der Waals surface area contributed by atoms with Gasteiger partial charge in [-0.05, 0) is 30.3 Å². The number of benzene rings is 2. The van der Waals surface area contributed by atoms with E-state index in [0.717, 1.165) is 6.07 Å². The second-order valence-electron chi connectivity index (χ2n) is 4.14. The van der Waals surface area contributed by atoms with E-state index in [0.29, 0.717) is 0 Å². The molecule has 2 aromatic rings. The van der Waals surface area contributed by atoms with Crippen LogP contribution in [0.2, 0.25) is 0 Å². The Morgan fingerprint density at radius 2 is 1.55 bits per heavy atom. The Kier molecular flexibility index (Phi) is 3.30. The summed E-state index contributed by atoms with van der Waals surface area (Å²) in [5, 5.41) is 28.1. The lowest BCUT2D eigenvalue weighted by Crippen LogP contribution is -2.10. The van der Waals surface area contributed by atoms with E-state index in [1.54, 1.807) is 0 Å². The molecule has 5 N–H and O–H groups in total. The van der Waals surface area contributed by atoms with Crippen LogP contribution in [-0.2, 0) is 0 Å². The fourth-order valence-corrected chi connectivity index (χ4v) is 1.79. The SMILES string of the molecule is Nc1ccc(C(=O)c2ccc(O)cc2C(=O)O)c(O)c1. The van der Waals surface area contributed by atoms with E-state index in [4.69, 9.17) is 10.8 Å². The molecule has 0 aliphatic heterocycles. The number of rotatable bonds is 3. The highest BCUT2D eigenvalue weighted by atomic mass is 16.4. The molecular weight excluding hydrogens is 262 g/mol. The quantitative estimate of drug-likeness (QED) is 0.498. The molecule has 0 saturated carbocycles. The highest BCUT2D eigenvalue weighted by molar-refractivity contribution is 6.15. The largest absolute Gasteiger partial charge is 0.508 e. The van der Waals surface area contributed by atoms with Crippen molar-refractivity contribution in [1.29, 1.82) is 0 Å². The number of carbonyl (C=O) groups excluding carboxylic acids is 1. The number of hydrogen-bond acceptors (Lipinski definition) is 5. The minimum Gasteiger partial charge on any atom is -0.508 e. The number of aromatic carboxylic acids is 1. The number of hydrogen-bond donors (Lipinski definition) is 4. The molecule has 0 bridgehead atoms. The summed E-state index contributed by atoms with van der Waals surface area (Å²) in [6.45, 7) is 0. The summed E-state index contributed by atoms with van der Waals surface area (Å²) < 4.78 is 0. The van der Waals surface area contributed by atoms with E-state index in [9.17, 15) is 19.8 Å². The maximum Gasteiger partial charge on any atom is 0.336 e. The summed E-state index contributed by atoms with van der Waals surface area (Å²) in [6.07, 6.45) is 0. The third-order valence-corrected chi connectivity index (χ3v) is 2.74. The van der Waals surface area contributed by atoms with Gasteiger partial charge in [0.05, 0.1) is 11.1 Å². The maximum absolute atomic E-state index is 12.3. The first-order valence-corrected chi connectivity index (χ1v) is 5.59. The smallest absolute Gasteiger partial charge is 0.336 e. The van der Waals surface area contributed by atoms with Crippen molar-refractivity contribution in [1.82, 2.24) is 0 Å². The predicted octanol–water partition coefficient (Wildman–Crippen LogP) is 1.61. The Morgan fingerprint density at radius 3 is 2.15 bits per heavy atom. The Hall–Kier alpha value is -3.02. The molecule has 0 spiro atoms. The van der Waals surface area contributed by atoms with Gasteiger partial charge in [-0.2, -0.15) is 0 Å². The minimum atomic E-state index is -1.35. The van der Waals surface area contributed by atoms with E-state index >= 15 is 0 Å². The zero-order chi connectivity index (χ0) is 14.9. The summed E-state index contributed by atoms with van der Waals surface area (Å²) >= 11 is 0. The van der Waals surface area contributed by atoms with E-state index in [1.807, 2.05) is 0 Å². The number of nitrogens with two attached hydrogens (primary N) is 1. The third-order valence-electron chi connectivity index (χ3n) is 2.74. The zero-order valence-electron chi connectivity index (χ0n) is 10.2. The molecule has 0 atom stereocenters. The first-order valence-electron chi connectivity index (χ1n) is 5.59. The summed E-state index contributed by atoms with van der Waals surface area (Å²) in [4.78, 5) is 23.4. The van der Waals surface area contributed by atoms with Gasteiger partial charge in [0.15, 0.2) is 5.78 Å². The number of anilines is 1. The van der Waals surface area contributed by atoms with Crippen LogP contribution in [0.4, 0.5) is 5.69 Å². The van der Waals surface area contributed by atoms with Crippen molar-refractivity contribution in [3.8, 4) is 11.5 Å². The van der Waals surface area contributed by atoms with Crippen molar-refractivity contribution in [3.63, 3.8) is 0 Å². The van der Waals surface area contributed by atoms with Crippen molar-refractivity contribution in [2.24, 2.45) is 0 Å². The fraction of sp³-hybridized carbons (Fsp3) is 0. The maximum atomic E-state index is 12.3. The van der Waals surface area contributed by atoms with Gasteiger partial charge < -0.3 is 21.1 Å². The number of carboxylic acids is 1. The first-order chi connectivity index (χ1) is 9.40. The monoisotopic (exact) mass is 273 g/mol.